The van der Waals surface area contributed by atoms with Crippen molar-refractivity contribution in [1.82, 2.24) is 0 Å². The SMILES string of the molecule is CCCCCCCCCCCCCCCCCCOC(CCO)[N+](C)(C)C.[Cl-]. The van der Waals surface area contributed by atoms with Gasteiger partial charge >= 0.3 is 0 Å². The normalized spacial score (nSPS) is 12.8. The van der Waals surface area contributed by atoms with Crippen molar-refractivity contribution >= 4 is 0 Å². The van der Waals surface area contributed by atoms with Crippen molar-refractivity contribution in [3.63, 3.8) is 0 Å². The Morgan fingerprint density at radius 1 is 0.643 bits per heavy atom. The number of aliphatic hydroxyl groups is 1. The van der Waals surface area contributed by atoms with Crippen molar-refractivity contribution in [2.45, 2.75) is 122 Å². The van der Waals surface area contributed by atoms with Gasteiger partial charge in [-0.1, -0.05) is 103 Å². The summed E-state index contributed by atoms with van der Waals surface area (Å²) in [5.41, 5.74) is 0. The molecule has 0 saturated carbocycles. The molecule has 0 rings (SSSR count). The topological polar surface area (TPSA) is 29.5 Å². The highest BCUT2D eigenvalue weighted by atomic mass is 35.5. The van der Waals surface area contributed by atoms with Gasteiger partial charge in [0, 0.05) is 6.42 Å². The Balaban J connectivity index is 0. The van der Waals surface area contributed by atoms with Gasteiger partial charge in [-0.2, -0.15) is 0 Å². The van der Waals surface area contributed by atoms with Gasteiger partial charge in [-0.3, -0.25) is 0 Å². The number of rotatable bonds is 21. The predicted octanol–water partition coefficient (Wildman–Crippen LogP) is 3.68. The Bertz CT molecular complexity index is 295. The first-order valence-corrected chi connectivity index (χ1v) is 12.1. The molecule has 3 nitrogen and oxygen atoms in total. The van der Waals surface area contributed by atoms with E-state index >= 15 is 0 Å². The highest BCUT2D eigenvalue weighted by molar-refractivity contribution is 4.50. The molecule has 4 heteroatoms. The van der Waals surface area contributed by atoms with E-state index in [9.17, 15) is 0 Å². The van der Waals surface area contributed by atoms with Crippen LogP contribution in [0.1, 0.15) is 116 Å². The number of aliphatic hydroxyl groups excluding tert-OH is 1. The lowest BCUT2D eigenvalue weighted by molar-refractivity contribution is -0.920. The Kier molecular flexibility index (Phi) is 23.7. The first-order chi connectivity index (χ1) is 13.0. The molecule has 0 spiro atoms. The van der Waals surface area contributed by atoms with Crippen LogP contribution in [0.4, 0.5) is 0 Å². The minimum absolute atomic E-state index is 0. The van der Waals surface area contributed by atoms with Crippen LogP contribution in [0, 0.1) is 0 Å². The number of quaternary nitrogens is 1. The largest absolute Gasteiger partial charge is 1.00 e. The maximum absolute atomic E-state index is 9.15. The Morgan fingerprint density at radius 3 is 1.32 bits per heavy atom. The molecule has 28 heavy (non-hydrogen) atoms. The molecule has 0 heterocycles. The molecule has 0 aromatic rings. The van der Waals surface area contributed by atoms with Crippen LogP contribution in [-0.2, 0) is 4.74 Å². The van der Waals surface area contributed by atoms with E-state index in [0.717, 1.165) is 23.9 Å². The van der Waals surface area contributed by atoms with Crippen molar-refractivity contribution in [2.75, 3.05) is 34.4 Å². The second kappa shape index (κ2) is 21.9. The molecule has 0 bridgehead atoms. The second-order valence-corrected chi connectivity index (χ2v) is 9.26. The molecule has 1 unspecified atom stereocenters. The first kappa shape index (κ1) is 30.4. The summed E-state index contributed by atoms with van der Waals surface area (Å²) in [6.07, 6.45) is 23.2. The summed E-state index contributed by atoms with van der Waals surface area (Å²) in [6.45, 7) is 3.33. The quantitative estimate of drug-likeness (QED) is 0.174. The smallest absolute Gasteiger partial charge is 0.194 e. The van der Waals surface area contributed by atoms with Crippen molar-refractivity contribution in [3.8, 4) is 0 Å². The van der Waals surface area contributed by atoms with E-state index in [1.54, 1.807) is 0 Å². The molecule has 0 aliphatic heterocycles. The number of unbranched alkanes of at least 4 members (excludes halogenated alkanes) is 15. The van der Waals surface area contributed by atoms with Crippen molar-refractivity contribution in [2.24, 2.45) is 0 Å². The zero-order chi connectivity index (χ0) is 20.2. The van der Waals surface area contributed by atoms with Crippen LogP contribution in [0.15, 0.2) is 0 Å². The number of hydrogen-bond donors (Lipinski definition) is 1. The van der Waals surface area contributed by atoms with E-state index in [0.29, 0.717) is 0 Å². The maximum atomic E-state index is 9.15. The van der Waals surface area contributed by atoms with Crippen LogP contribution < -0.4 is 12.4 Å². The fourth-order valence-electron chi connectivity index (χ4n) is 3.67. The average Bonchev–Trinajstić information content (AvgIpc) is 2.62. The molecule has 1 atom stereocenters. The van der Waals surface area contributed by atoms with E-state index < -0.39 is 0 Å². The molecule has 0 aliphatic rings. The molecule has 172 valence electrons. The van der Waals surface area contributed by atoms with Crippen molar-refractivity contribution in [1.29, 1.82) is 0 Å². The lowest BCUT2D eigenvalue weighted by atomic mass is 10.0. The van der Waals surface area contributed by atoms with Crippen molar-refractivity contribution in [3.05, 3.63) is 0 Å². The molecule has 1 N–H and O–H groups in total. The molecule has 0 saturated heterocycles. The fraction of sp³-hybridized carbons (Fsp3) is 1.00. The Labute approximate surface area is 183 Å². The third kappa shape index (κ3) is 20.9. The number of halogens is 1. The molecule has 0 aromatic carbocycles. The Hall–Kier alpha value is 0.170. The van der Waals surface area contributed by atoms with Gasteiger partial charge in [0.05, 0.1) is 34.4 Å². The first-order valence-electron chi connectivity index (χ1n) is 12.1. The number of nitrogens with zero attached hydrogens (tertiary/aromatic N) is 1. The lowest BCUT2D eigenvalue weighted by Crippen LogP contribution is -3.00. The zero-order valence-electron chi connectivity index (χ0n) is 19.7. The van der Waals surface area contributed by atoms with Crippen molar-refractivity contribution < 1.29 is 26.7 Å². The van der Waals surface area contributed by atoms with Crippen LogP contribution in [0.25, 0.3) is 0 Å². The Morgan fingerprint density at radius 2 is 1.00 bits per heavy atom. The standard InChI is InChI=1S/C24H52NO2.ClH/c1-5-6-7-8-9-10-11-12-13-14-15-16-17-18-19-20-23-27-24(21-22-26)25(2,3)4;/h24,26H,5-23H2,1-4H3;1H/q+1;/p-1. The molecule has 0 fully saturated rings. The molecule has 0 aromatic heterocycles. The number of ether oxygens (including phenoxy) is 1. The minimum Gasteiger partial charge on any atom is -1.00 e. The predicted molar refractivity (Wildman–Crippen MR) is 119 cm³/mol. The third-order valence-corrected chi connectivity index (χ3v) is 5.55. The van der Waals surface area contributed by atoms with E-state index in [4.69, 9.17) is 9.84 Å². The van der Waals surface area contributed by atoms with Gasteiger partial charge in [0.1, 0.15) is 0 Å². The summed E-state index contributed by atoms with van der Waals surface area (Å²) in [7, 11) is 6.40. The monoisotopic (exact) mass is 421 g/mol. The van der Waals surface area contributed by atoms with Crippen LogP contribution in [0.2, 0.25) is 0 Å². The van der Waals surface area contributed by atoms with Crippen LogP contribution in [0.3, 0.4) is 0 Å². The summed E-state index contributed by atoms with van der Waals surface area (Å²) in [5.74, 6) is 0. The fourth-order valence-corrected chi connectivity index (χ4v) is 3.67. The van der Waals surface area contributed by atoms with Gasteiger partial charge in [-0.15, -0.1) is 0 Å². The zero-order valence-corrected chi connectivity index (χ0v) is 20.4. The summed E-state index contributed by atoms with van der Waals surface area (Å²) < 4.78 is 6.74. The second-order valence-electron chi connectivity index (χ2n) is 9.26. The van der Waals surface area contributed by atoms with E-state index in [-0.39, 0.29) is 25.2 Å². The molecule has 0 radical (unpaired) electrons. The lowest BCUT2D eigenvalue weighted by Gasteiger charge is -2.33. The molecule has 0 amide bonds. The number of hydrogen-bond acceptors (Lipinski definition) is 2. The van der Waals surface area contributed by atoms with Crippen LogP contribution in [-0.4, -0.2) is 50.2 Å². The highest BCUT2D eigenvalue weighted by Crippen LogP contribution is 2.14. The summed E-state index contributed by atoms with van der Waals surface area (Å²) in [5, 5.41) is 9.15. The van der Waals surface area contributed by atoms with Gasteiger partial charge < -0.3 is 26.7 Å². The highest BCUT2D eigenvalue weighted by Gasteiger charge is 2.23. The van der Waals surface area contributed by atoms with Gasteiger partial charge in [0.15, 0.2) is 6.23 Å². The van der Waals surface area contributed by atoms with Gasteiger partial charge in [0.2, 0.25) is 0 Å². The summed E-state index contributed by atoms with van der Waals surface area (Å²) in [4.78, 5) is 0. The van der Waals surface area contributed by atoms with E-state index in [1.165, 1.54) is 96.3 Å². The maximum Gasteiger partial charge on any atom is 0.194 e. The van der Waals surface area contributed by atoms with E-state index in [2.05, 4.69) is 28.1 Å². The van der Waals surface area contributed by atoms with E-state index in [1.807, 2.05) is 0 Å². The van der Waals surface area contributed by atoms with Gasteiger partial charge in [0.25, 0.3) is 0 Å². The van der Waals surface area contributed by atoms with Gasteiger partial charge in [-0.05, 0) is 6.42 Å². The van der Waals surface area contributed by atoms with Crippen LogP contribution in [0.5, 0.6) is 0 Å². The van der Waals surface area contributed by atoms with Crippen LogP contribution >= 0.6 is 0 Å². The summed E-state index contributed by atoms with van der Waals surface area (Å²) in [6, 6.07) is 0. The minimum atomic E-state index is 0. The average molecular weight is 422 g/mol. The molecule has 0 aliphatic carbocycles. The van der Waals surface area contributed by atoms with Gasteiger partial charge in [-0.25, -0.2) is 0 Å². The molecular weight excluding hydrogens is 370 g/mol. The molecular formula is C24H52ClNO2. The summed E-state index contributed by atoms with van der Waals surface area (Å²) >= 11 is 0. The third-order valence-electron chi connectivity index (χ3n) is 5.55.